The molecule has 0 aromatic heterocycles. The lowest BCUT2D eigenvalue weighted by Gasteiger charge is -2.46. The van der Waals surface area contributed by atoms with Crippen LogP contribution in [0.4, 0.5) is 0 Å². The molecule has 0 radical (unpaired) electrons. The van der Waals surface area contributed by atoms with Crippen LogP contribution in [-0.4, -0.2) is 47.2 Å². The number of nitrogens with one attached hydrogen (secondary N) is 1. The number of carboxylic acids is 1. The minimum Gasteiger partial charge on any atom is -0.481 e. The molecule has 1 aliphatic heterocycles. The zero-order chi connectivity index (χ0) is 12.3. The first-order valence-corrected chi connectivity index (χ1v) is 6.01. The minimum absolute atomic E-state index is 0.0873. The van der Waals surface area contributed by atoms with Gasteiger partial charge < -0.3 is 10.4 Å². The van der Waals surface area contributed by atoms with Crippen LogP contribution >= 0.6 is 0 Å². The molecule has 1 rings (SSSR count). The Bertz CT molecular complexity index is 251. The molecule has 0 aliphatic carbocycles. The molecule has 4 nitrogen and oxygen atoms in total. The van der Waals surface area contributed by atoms with Crippen LogP contribution in [0.3, 0.4) is 0 Å². The maximum Gasteiger partial charge on any atom is 0.304 e. The van der Waals surface area contributed by atoms with Crippen molar-refractivity contribution in [1.82, 2.24) is 10.2 Å². The van der Waals surface area contributed by atoms with E-state index in [9.17, 15) is 4.79 Å². The van der Waals surface area contributed by atoms with E-state index in [1.54, 1.807) is 0 Å². The molecule has 4 heteroatoms. The van der Waals surface area contributed by atoms with Gasteiger partial charge >= 0.3 is 5.97 Å². The van der Waals surface area contributed by atoms with Crippen molar-refractivity contribution in [3.05, 3.63) is 0 Å². The summed E-state index contributed by atoms with van der Waals surface area (Å²) in [5.41, 5.74) is 0.124. The lowest BCUT2D eigenvalue weighted by Crippen LogP contribution is -2.62. The zero-order valence-corrected chi connectivity index (χ0v) is 10.8. The molecular formula is C12H24N2O2. The Morgan fingerprint density at radius 2 is 2.19 bits per heavy atom. The lowest BCUT2D eigenvalue weighted by atomic mass is 9.95. The average Bonchev–Trinajstić information content (AvgIpc) is 2.09. The van der Waals surface area contributed by atoms with E-state index in [1.807, 2.05) is 0 Å². The number of rotatable bonds is 4. The summed E-state index contributed by atoms with van der Waals surface area (Å²) in [6.07, 6.45) is 0.213. The number of nitrogens with zero attached hydrogens (tertiary/aromatic N) is 1. The molecule has 0 bridgehead atoms. The van der Waals surface area contributed by atoms with Gasteiger partial charge in [0.1, 0.15) is 0 Å². The van der Waals surface area contributed by atoms with Crippen molar-refractivity contribution in [3.8, 4) is 0 Å². The molecule has 0 saturated carbocycles. The molecule has 16 heavy (non-hydrogen) atoms. The monoisotopic (exact) mass is 228 g/mol. The van der Waals surface area contributed by atoms with Gasteiger partial charge in [0.25, 0.3) is 0 Å². The topological polar surface area (TPSA) is 52.6 Å². The van der Waals surface area contributed by atoms with Crippen LogP contribution in [0.1, 0.15) is 34.1 Å². The average molecular weight is 228 g/mol. The predicted molar refractivity (Wildman–Crippen MR) is 64.5 cm³/mol. The first-order valence-electron chi connectivity index (χ1n) is 6.01. The molecule has 1 atom stereocenters. The summed E-state index contributed by atoms with van der Waals surface area (Å²) >= 11 is 0. The second-order valence-corrected chi connectivity index (χ2v) is 5.79. The molecule has 1 fully saturated rings. The number of aliphatic carboxylic acids is 1. The van der Waals surface area contributed by atoms with Gasteiger partial charge in [0.2, 0.25) is 0 Å². The van der Waals surface area contributed by atoms with E-state index in [0.29, 0.717) is 5.92 Å². The summed E-state index contributed by atoms with van der Waals surface area (Å²) in [5.74, 6) is -0.107. The zero-order valence-electron chi connectivity index (χ0n) is 10.8. The molecule has 0 aromatic rings. The smallest absolute Gasteiger partial charge is 0.304 e. The maximum absolute atomic E-state index is 10.7. The largest absolute Gasteiger partial charge is 0.481 e. The highest BCUT2D eigenvalue weighted by molar-refractivity contribution is 5.67. The fourth-order valence-corrected chi connectivity index (χ4v) is 2.19. The molecule has 2 N–H and O–H groups in total. The molecule has 1 unspecified atom stereocenters. The van der Waals surface area contributed by atoms with E-state index in [2.05, 4.69) is 37.9 Å². The Hall–Kier alpha value is -0.610. The van der Waals surface area contributed by atoms with Gasteiger partial charge in [-0.05, 0) is 19.8 Å². The maximum atomic E-state index is 10.7. The number of carboxylic acid groups (broad SMARTS) is 1. The minimum atomic E-state index is -0.721. The van der Waals surface area contributed by atoms with Crippen molar-refractivity contribution in [2.45, 2.75) is 45.7 Å². The predicted octanol–water partition coefficient (Wildman–Crippen LogP) is 1.17. The first kappa shape index (κ1) is 13.5. The molecule has 0 spiro atoms. The molecule has 0 amide bonds. The van der Waals surface area contributed by atoms with Gasteiger partial charge in [-0.2, -0.15) is 0 Å². The van der Waals surface area contributed by atoms with Crippen LogP contribution in [0.15, 0.2) is 0 Å². The van der Waals surface area contributed by atoms with Gasteiger partial charge in [0.15, 0.2) is 0 Å². The highest BCUT2D eigenvalue weighted by Gasteiger charge is 2.34. The molecule has 1 heterocycles. The number of carbonyl (C=O) groups is 1. The van der Waals surface area contributed by atoms with Crippen molar-refractivity contribution in [3.63, 3.8) is 0 Å². The third kappa shape index (κ3) is 3.76. The van der Waals surface area contributed by atoms with E-state index in [0.717, 1.165) is 19.6 Å². The van der Waals surface area contributed by atoms with Crippen LogP contribution in [0.2, 0.25) is 0 Å². The summed E-state index contributed by atoms with van der Waals surface area (Å²) in [4.78, 5) is 13.1. The Morgan fingerprint density at radius 1 is 1.56 bits per heavy atom. The molecule has 1 aliphatic rings. The van der Waals surface area contributed by atoms with Crippen molar-refractivity contribution in [2.24, 2.45) is 5.92 Å². The highest BCUT2D eigenvalue weighted by Crippen LogP contribution is 2.20. The summed E-state index contributed by atoms with van der Waals surface area (Å²) in [6, 6.07) is 0.0873. The summed E-state index contributed by atoms with van der Waals surface area (Å²) in [7, 11) is 0. The van der Waals surface area contributed by atoms with Crippen LogP contribution < -0.4 is 5.32 Å². The van der Waals surface area contributed by atoms with E-state index >= 15 is 0 Å². The fourth-order valence-electron chi connectivity index (χ4n) is 2.19. The Labute approximate surface area is 98.0 Å². The van der Waals surface area contributed by atoms with Crippen LogP contribution in [0.5, 0.6) is 0 Å². The SMILES string of the molecule is CC(C)CN1CC(CC(=O)O)NCC1(C)C. The Morgan fingerprint density at radius 3 is 2.69 bits per heavy atom. The normalized spacial score (nSPS) is 25.9. The van der Waals surface area contributed by atoms with Crippen molar-refractivity contribution in [2.75, 3.05) is 19.6 Å². The van der Waals surface area contributed by atoms with Crippen molar-refractivity contribution >= 4 is 5.97 Å². The van der Waals surface area contributed by atoms with Crippen LogP contribution in [0, 0.1) is 5.92 Å². The number of hydrogen-bond acceptors (Lipinski definition) is 3. The van der Waals surface area contributed by atoms with Crippen LogP contribution in [-0.2, 0) is 4.79 Å². The van der Waals surface area contributed by atoms with Gasteiger partial charge in [-0.25, -0.2) is 0 Å². The van der Waals surface area contributed by atoms with E-state index in [-0.39, 0.29) is 18.0 Å². The standard InChI is InChI=1S/C12H24N2O2/c1-9(2)6-14-7-10(5-11(15)16)13-8-12(14,3)4/h9-10,13H,5-8H2,1-4H3,(H,15,16). The summed E-state index contributed by atoms with van der Waals surface area (Å²) < 4.78 is 0. The molecular weight excluding hydrogens is 204 g/mol. The molecule has 1 saturated heterocycles. The Balaban J connectivity index is 2.58. The van der Waals surface area contributed by atoms with Gasteiger partial charge in [0.05, 0.1) is 6.42 Å². The second-order valence-electron chi connectivity index (χ2n) is 5.79. The van der Waals surface area contributed by atoms with Gasteiger partial charge in [-0.1, -0.05) is 13.8 Å². The van der Waals surface area contributed by atoms with Crippen molar-refractivity contribution in [1.29, 1.82) is 0 Å². The summed E-state index contributed by atoms with van der Waals surface area (Å²) in [5, 5.41) is 12.1. The van der Waals surface area contributed by atoms with Gasteiger partial charge in [0, 0.05) is 31.2 Å². The molecule has 94 valence electrons. The van der Waals surface area contributed by atoms with Crippen LogP contribution in [0.25, 0.3) is 0 Å². The van der Waals surface area contributed by atoms with Gasteiger partial charge in [-0.3, -0.25) is 9.69 Å². The Kier molecular flexibility index (Phi) is 4.33. The van der Waals surface area contributed by atoms with E-state index < -0.39 is 5.97 Å². The highest BCUT2D eigenvalue weighted by atomic mass is 16.4. The third-order valence-corrected chi connectivity index (χ3v) is 3.13. The quantitative estimate of drug-likeness (QED) is 0.758. The third-order valence-electron chi connectivity index (χ3n) is 3.13. The first-order chi connectivity index (χ1) is 7.31. The molecule has 0 aromatic carbocycles. The van der Waals surface area contributed by atoms with E-state index in [1.165, 1.54) is 0 Å². The number of piperazine rings is 1. The lowest BCUT2D eigenvalue weighted by molar-refractivity contribution is -0.138. The van der Waals surface area contributed by atoms with E-state index in [4.69, 9.17) is 5.11 Å². The summed E-state index contributed by atoms with van der Waals surface area (Å²) in [6.45, 7) is 11.5. The second kappa shape index (κ2) is 5.15. The van der Waals surface area contributed by atoms with Crippen molar-refractivity contribution < 1.29 is 9.90 Å². The van der Waals surface area contributed by atoms with Gasteiger partial charge in [-0.15, -0.1) is 0 Å². The fraction of sp³-hybridized carbons (Fsp3) is 0.917. The number of hydrogen-bond donors (Lipinski definition) is 2.